The lowest BCUT2D eigenvalue weighted by Gasteiger charge is -2.09. The first kappa shape index (κ1) is 13.6. The Balaban J connectivity index is 3.02. The van der Waals surface area contributed by atoms with Gasteiger partial charge in [-0.05, 0) is 17.7 Å². The molecule has 0 atom stereocenters. The van der Waals surface area contributed by atoms with Crippen LogP contribution in [0.2, 0.25) is 0 Å². The molecule has 0 bridgehead atoms. The predicted octanol–water partition coefficient (Wildman–Crippen LogP) is 2.34. The summed E-state index contributed by atoms with van der Waals surface area (Å²) in [6.45, 7) is 1.56. The minimum atomic E-state index is -0.449. The van der Waals surface area contributed by atoms with Crippen LogP contribution in [0.4, 0.5) is 0 Å². The van der Waals surface area contributed by atoms with Gasteiger partial charge in [0.25, 0.3) is 0 Å². The number of hydrogen-bond acceptors (Lipinski definition) is 4. The third-order valence-electron chi connectivity index (χ3n) is 2.16. The van der Waals surface area contributed by atoms with E-state index in [1.54, 1.807) is 18.2 Å². The van der Waals surface area contributed by atoms with E-state index in [0.717, 1.165) is 0 Å². The summed E-state index contributed by atoms with van der Waals surface area (Å²) >= 11 is 0. The summed E-state index contributed by atoms with van der Waals surface area (Å²) in [5.74, 6) is 3.34. The van der Waals surface area contributed by atoms with Crippen molar-refractivity contribution in [3.63, 3.8) is 0 Å². The SMILES string of the molecule is C#CCOc1ccc(/C=C(\C)[N+](=O)[O-])cc1OC. The van der Waals surface area contributed by atoms with E-state index in [2.05, 4.69) is 5.92 Å². The number of hydrogen-bond donors (Lipinski definition) is 0. The van der Waals surface area contributed by atoms with Gasteiger partial charge in [-0.25, -0.2) is 0 Å². The molecule has 1 aromatic carbocycles. The molecule has 0 spiro atoms. The third kappa shape index (κ3) is 3.52. The Kier molecular flexibility index (Phi) is 4.76. The molecule has 1 aromatic rings. The van der Waals surface area contributed by atoms with Crippen LogP contribution in [0.25, 0.3) is 6.08 Å². The Labute approximate surface area is 105 Å². The Morgan fingerprint density at radius 1 is 1.56 bits per heavy atom. The average Bonchev–Trinajstić information content (AvgIpc) is 2.36. The van der Waals surface area contributed by atoms with E-state index in [0.29, 0.717) is 17.1 Å². The molecule has 0 aliphatic heterocycles. The second-order valence-corrected chi connectivity index (χ2v) is 3.45. The Hall–Kier alpha value is -2.48. The van der Waals surface area contributed by atoms with Crippen molar-refractivity contribution in [3.05, 3.63) is 39.6 Å². The van der Waals surface area contributed by atoms with Gasteiger partial charge < -0.3 is 9.47 Å². The maximum atomic E-state index is 10.5. The predicted molar refractivity (Wildman–Crippen MR) is 68.0 cm³/mol. The fourth-order valence-electron chi connectivity index (χ4n) is 1.31. The first-order valence-corrected chi connectivity index (χ1v) is 5.15. The molecule has 1 rings (SSSR count). The van der Waals surface area contributed by atoms with Gasteiger partial charge >= 0.3 is 0 Å². The maximum absolute atomic E-state index is 10.5. The van der Waals surface area contributed by atoms with E-state index >= 15 is 0 Å². The van der Waals surface area contributed by atoms with Crippen molar-refractivity contribution in [1.29, 1.82) is 0 Å². The minimum Gasteiger partial charge on any atom is -0.493 e. The number of terminal acetylenes is 1. The van der Waals surface area contributed by atoms with Crippen molar-refractivity contribution in [1.82, 2.24) is 0 Å². The molecule has 0 radical (unpaired) electrons. The van der Waals surface area contributed by atoms with Crippen molar-refractivity contribution in [2.75, 3.05) is 13.7 Å². The quantitative estimate of drug-likeness (QED) is 0.455. The van der Waals surface area contributed by atoms with Crippen molar-refractivity contribution in [2.24, 2.45) is 0 Å². The zero-order valence-corrected chi connectivity index (χ0v) is 10.2. The molecule has 0 fully saturated rings. The van der Waals surface area contributed by atoms with Crippen LogP contribution in [0, 0.1) is 22.5 Å². The fraction of sp³-hybridized carbons (Fsp3) is 0.231. The molecular weight excluding hydrogens is 234 g/mol. The molecule has 0 aromatic heterocycles. The molecule has 0 aliphatic carbocycles. The van der Waals surface area contributed by atoms with Gasteiger partial charge in [-0.1, -0.05) is 12.0 Å². The average molecular weight is 247 g/mol. The normalized spacial score (nSPS) is 10.6. The first-order chi connectivity index (χ1) is 8.58. The summed E-state index contributed by atoms with van der Waals surface area (Å²) in [7, 11) is 1.49. The lowest BCUT2D eigenvalue weighted by atomic mass is 10.1. The third-order valence-corrected chi connectivity index (χ3v) is 2.16. The molecule has 0 heterocycles. The molecule has 18 heavy (non-hydrogen) atoms. The highest BCUT2D eigenvalue weighted by Crippen LogP contribution is 2.28. The van der Waals surface area contributed by atoms with Gasteiger partial charge in [0.15, 0.2) is 11.5 Å². The summed E-state index contributed by atoms with van der Waals surface area (Å²) in [5.41, 5.74) is 0.712. The van der Waals surface area contributed by atoms with Crippen molar-refractivity contribution < 1.29 is 14.4 Å². The Morgan fingerprint density at radius 2 is 2.28 bits per heavy atom. The van der Waals surface area contributed by atoms with E-state index < -0.39 is 4.92 Å². The van der Waals surface area contributed by atoms with Crippen molar-refractivity contribution in [2.45, 2.75) is 6.92 Å². The zero-order valence-electron chi connectivity index (χ0n) is 10.2. The van der Waals surface area contributed by atoms with Gasteiger partial charge in [0, 0.05) is 13.0 Å². The van der Waals surface area contributed by atoms with Crippen LogP contribution in [-0.2, 0) is 0 Å². The van der Waals surface area contributed by atoms with Crippen LogP contribution < -0.4 is 9.47 Å². The lowest BCUT2D eigenvalue weighted by molar-refractivity contribution is -0.422. The second kappa shape index (κ2) is 6.30. The van der Waals surface area contributed by atoms with Crippen molar-refractivity contribution >= 4 is 6.08 Å². The molecule has 0 aliphatic rings. The highest BCUT2D eigenvalue weighted by molar-refractivity contribution is 5.56. The molecular formula is C13H13NO4. The van der Waals surface area contributed by atoms with E-state index in [9.17, 15) is 10.1 Å². The maximum Gasteiger partial charge on any atom is 0.243 e. The van der Waals surface area contributed by atoms with E-state index in [-0.39, 0.29) is 12.3 Å². The first-order valence-electron chi connectivity index (χ1n) is 5.15. The van der Waals surface area contributed by atoms with E-state index in [4.69, 9.17) is 15.9 Å². The number of benzene rings is 1. The van der Waals surface area contributed by atoms with Crippen LogP contribution in [0.15, 0.2) is 23.9 Å². The van der Waals surface area contributed by atoms with Crippen LogP contribution in [0.1, 0.15) is 12.5 Å². The molecule has 94 valence electrons. The molecule has 0 N–H and O–H groups in total. The van der Waals surface area contributed by atoms with Gasteiger partial charge in [0.1, 0.15) is 6.61 Å². The molecule has 0 saturated carbocycles. The molecule has 5 heteroatoms. The van der Waals surface area contributed by atoms with E-state index in [1.165, 1.54) is 20.1 Å². The fourth-order valence-corrected chi connectivity index (χ4v) is 1.31. The standard InChI is InChI=1S/C13H13NO4/c1-4-7-18-12-6-5-11(9-13(12)17-3)8-10(2)14(15)16/h1,5-6,8-9H,7H2,2-3H3/b10-8+. The van der Waals surface area contributed by atoms with Crippen LogP contribution in [0.3, 0.4) is 0 Å². The summed E-state index contributed by atoms with van der Waals surface area (Å²) in [6, 6.07) is 5.01. The zero-order chi connectivity index (χ0) is 13.5. The van der Waals surface area contributed by atoms with Gasteiger partial charge in [0.05, 0.1) is 12.0 Å². The summed E-state index contributed by atoms with van der Waals surface area (Å²) in [6.07, 6.45) is 6.55. The number of methoxy groups -OCH3 is 1. The molecule has 0 saturated heterocycles. The summed E-state index contributed by atoms with van der Waals surface area (Å²) in [5, 5.41) is 10.5. The second-order valence-electron chi connectivity index (χ2n) is 3.45. The number of nitrogens with zero attached hydrogens (tertiary/aromatic N) is 1. The minimum absolute atomic E-state index is 0.0503. The highest BCUT2D eigenvalue weighted by Gasteiger charge is 2.07. The largest absolute Gasteiger partial charge is 0.493 e. The topological polar surface area (TPSA) is 61.6 Å². The molecule has 0 unspecified atom stereocenters. The number of ether oxygens (including phenoxy) is 2. The Morgan fingerprint density at radius 3 is 2.83 bits per heavy atom. The van der Waals surface area contributed by atoms with Crippen LogP contribution in [-0.4, -0.2) is 18.6 Å². The number of rotatable bonds is 5. The monoisotopic (exact) mass is 247 g/mol. The number of nitro groups is 1. The van der Waals surface area contributed by atoms with Gasteiger partial charge in [-0.2, -0.15) is 0 Å². The molecule has 0 amide bonds. The van der Waals surface area contributed by atoms with Gasteiger partial charge in [-0.3, -0.25) is 10.1 Å². The van der Waals surface area contributed by atoms with Crippen LogP contribution in [0.5, 0.6) is 11.5 Å². The Bertz CT molecular complexity index is 514. The van der Waals surface area contributed by atoms with Gasteiger partial charge in [0.2, 0.25) is 5.70 Å². The van der Waals surface area contributed by atoms with Gasteiger partial charge in [-0.15, -0.1) is 6.42 Å². The number of allylic oxidation sites excluding steroid dienone is 1. The lowest BCUT2D eigenvalue weighted by Crippen LogP contribution is -1.97. The highest BCUT2D eigenvalue weighted by atomic mass is 16.6. The molecule has 5 nitrogen and oxygen atoms in total. The summed E-state index contributed by atoms with van der Waals surface area (Å²) in [4.78, 5) is 10.1. The van der Waals surface area contributed by atoms with Crippen molar-refractivity contribution in [3.8, 4) is 23.8 Å². The summed E-state index contributed by atoms with van der Waals surface area (Å²) < 4.78 is 10.4. The van der Waals surface area contributed by atoms with E-state index in [1.807, 2.05) is 0 Å². The van der Waals surface area contributed by atoms with Crippen LogP contribution >= 0.6 is 0 Å². The smallest absolute Gasteiger partial charge is 0.243 e.